The second-order valence-corrected chi connectivity index (χ2v) is 27.2. The molecule has 1 nitrogen and oxygen atoms in total. The van der Waals surface area contributed by atoms with E-state index in [4.69, 9.17) is 0 Å². The maximum atomic E-state index is 2.65. The predicted molar refractivity (Wildman–Crippen MR) is 231 cm³/mol. The summed E-state index contributed by atoms with van der Waals surface area (Å²) >= 11 is -3.64. The Morgan fingerprint density at radius 1 is 0.415 bits per heavy atom. The number of nitrogens with zero attached hydrogens (tertiary/aromatic N) is 1. The van der Waals surface area contributed by atoms with Crippen LogP contribution in [-0.2, 0) is 21.7 Å². The van der Waals surface area contributed by atoms with Crippen molar-refractivity contribution in [2.75, 3.05) is 4.90 Å². The Bertz CT molecular complexity index is 2340. The van der Waals surface area contributed by atoms with Gasteiger partial charge < -0.3 is 0 Å². The molecule has 1 spiro atoms. The molecule has 3 heterocycles. The fourth-order valence-electron chi connectivity index (χ4n) is 9.70. The summed E-state index contributed by atoms with van der Waals surface area (Å²) in [7, 11) is 0. The first kappa shape index (κ1) is 34.4. The molecule has 0 unspecified atom stereocenters. The molecule has 0 amide bonds. The first-order valence-corrected chi connectivity index (χ1v) is 23.7. The molecule has 0 bridgehead atoms. The molecular formula is C51H53GeN. The van der Waals surface area contributed by atoms with E-state index in [9.17, 15) is 0 Å². The van der Waals surface area contributed by atoms with Crippen LogP contribution in [0.5, 0.6) is 0 Å². The van der Waals surface area contributed by atoms with Gasteiger partial charge in [-0.05, 0) is 0 Å². The average Bonchev–Trinajstić information content (AvgIpc) is 3.56. The van der Waals surface area contributed by atoms with Crippen LogP contribution in [0.1, 0.15) is 104 Å². The summed E-state index contributed by atoms with van der Waals surface area (Å²) in [5.41, 5.74) is 16.6. The number of hydrogen-bond acceptors (Lipinski definition) is 1. The molecule has 0 atom stereocenters. The van der Waals surface area contributed by atoms with Crippen LogP contribution in [0.15, 0.2) is 121 Å². The van der Waals surface area contributed by atoms with Gasteiger partial charge in [0.15, 0.2) is 0 Å². The predicted octanol–water partition coefficient (Wildman–Crippen LogP) is 11.0. The van der Waals surface area contributed by atoms with Crippen LogP contribution in [0, 0.1) is 0 Å². The van der Waals surface area contributed by atoms with E-state index in [-0.39, 0.29) is 21.7 Å². The minimum atomic E-state index is -3.64. The van der Waals surface area contributed by atoms with Gasteiger partial charge in [0.2, 0.25) is 0 Å². The van der Waals surface area contributed by atoms with Crippen molar-refractivity contribution < 1.29 is 0 Å². The van der Waals surface area contributed by atoms with E-state index in [1.807, 2.05) is 0 Å². The van der Waals surface area contributed by atoms with Gasteiger partial charge in [-0.2, -0.15) is 0 Å². The van der Waals surface area contributed by atoms with E-state index in [1.165, 1.54) is 67.1 Å². The number of anilines is 3. The Morgan fingerprint density at radius 2 is 0.755 bits per heavy atom. The second kappa shape index (κ2) is 11.1. The summed E-state index contributed by atoms with van der Waals surface area (Å²) < 4.78 is 6.37. The van der Waals surface area contributed by atoms with Gasteiger partial charge >= 0.3 is 322 Å². The van der Waals surface area contributed by atoms with Gasteiger partial charge in [0.05, 0.1) is 0 Å². The van der Waals surface area contributed by atoms with Crippen LogP contribution in [-0.4, -0.2) is 13.3 Å². The Balaban J connectivity index is 1.42. The zero-order chi connectivity index (χ0) is 37.5. The third kappa shape index (κ3) is 4.82. The molecule has 0 radical (unpaired) electrons. The van der Waals surface area contributed by atoms with Crippen molar-refractivity contribution in [2.45, 2.75) is 97.8 Å². The van der Waals surface area contributed by atoms with Crippen LogP contribution in [0.2, 0.25) is 0 Å². The molecule has 3 aliphatic rings. The standard InChI is InChI=1S/C51H53GeN/c1-48(2,3)32-20-24-36-37-25-21-33(49(4,5)6)29-43(37)52(42(36)28-32)44-30-34(50(7,8)9)22-26-38(44)39-27-23-35(31-45(39)52)53-46-18-14-12-16-40(46)51(10,11)41-17-13-15-19-47(41)53/h12-31H,1-11H3. The number of hydrogen-bond donors (Lipinski definition) is 0. The zero-order valence-electron chi connectivity index (χ0n) is 33.5. The summed E-state index contributed by atoms with van der Waals surface area (Å²) in [6, 6.07) is 48.2. The molecule has 3 aliphatic heterocycles. The SMILES string of the molecule is CC(C)(C)c1ccc2[c](c1)[Ge]1([c]3cc(N4c5ccccc5C(C)(C)c5ccccc54)ccc3-2)[c]2cc(C(C)(C)C)ccc2-c2ccc(C(C)(C)C)c[c]21. The molecule has 6 aromatic rings. The van der Waals surface area contributed by atoms with Gasteiger partial charge in [-0.1, -0.05) is 0 Å². The first-order chi connectivity index (χ1) is 24.9. The number of fused-ring (bicyclic) bond motifs is 12. The normalized spacial score (nSPS) is 16.1. The molecule has 6 aromatic carbocycles. The summed E-state index contributed by atoms with van der Waals surface area (Å²) in [6.07, 6.45) is 0. The van der Waals surface area contributed by atoms with Crippen LogP contribution < -0.4 is 22.5 Å². The van der Waals surface area contributed by atoms with Crippen LogP contribution in [0.4, 0.5) is 17.1 Å². The third-order valence-electron chi connectivity index (χ3n) is 12.8. The first-order valence-electron chi connectivity index (χ1n) is 19.5. The Labute approximate surface area is 320 Å². The number of benzene rings is 6. The van der Waals surface area contributed by atoms with Crippen molar-refractivity contribution >= 4 is 47.9 Å². The molecule has 0 N–H and O–H groups in total. The van der Waals surface area contributed by atoms with E-state index in [0.717, 1.165) is 0 Å². The summed E-state index contributed by atoms with van der Waals surface area (Å²) in [6.45, 7) is 26.1. The van der Waals surface area contributed by atoms with E-state index in [0.29, 0.717) is 0 Å². The molecule has 0 saturated carbocycles. The molecule has 2 heteroatoms. The summed E-state index contributed by atoms with van der Waals surface area (Å²) in [5.74, 6) is 0. The molecule has 53 heavy (non-hydrogen) atoms. The van der Waals surface area contributed by atoms with Crippen LogP contribution >= 0.6 is 0 Å². The van der Waals surface area contributed by atoms with Gasteiger partial charge in [0, 0.05) is 0 Å². The quantitative estimate of drug-likeness (QED) is 0.151. The van der Waals surface area contributed by atoms with E-state index >= 15 is 0 Å². The van der Waals surface area contributed by atoms with Crippen molar-refractivity contribution in [3.8, 4) is 22.3 Å². The molecule has 0 aromatic heterocycles. The van der Waals surface area contributed by atoms with Crippen molar-refractivity contribution in [1.29, 1.82) is 0 Å². The van der Waals surface area contributed by atoms with Gasteiger partial charge in [0.25, 0.3) is 0 Å². The molecule has 0 fully saturated rings. The average molecular weight is 753 g/mol. The minimum absolute atomic E-state index is 0.0389. The van der Waals surface area contributed by atoms with Crippen molar-refractivity contribution in [3.05, 3.63) is 149 Å². The maximum absolute atomic E-state index is 3.64. The van der Waals surface area contributed by atoms with Gasteiger partial charge in [0.1, 0.15) is 0 Å². The van der Waals surface area contributed by atoms with Gasteiger partial charge in [-0.15, -0.1) is 0 Å². The third-order valence-corrected chi connectivity index (χ3v) is 23.0. The molecule has 266 valence electrons. The Morgan fingerprint density at radius 3 is 1.13 bits per heavy atom. The van der Waals surface area contributed by atoms with Crippen molar-refractivity contribution in [1.82, 2.24) is 0 Å². The zero-order valence-corrected chi connectivity index (χ0v) is 35.6. The Hall–Kier alpha value is -4.34. The molecule has 0 saturated heterocycles. The number of rotatable bonds is 1. The van der Waals surface area contributed by atoms with Gasteiger partial charge in [-0.3, -0.25) is 0 Å². The van der Waals surface area contributed by atoms with E-state index in [1.54, 1.807) is 17.6 Å². The topological polar surface area (TPSA) is 3.24 Å². The number of para-hydroxylation sites is 2. The molecule has 0 aliphatic carbocycles. The van der Waals surface area contributed by atoms with Crippen molar-refractivity contribution in [3.63, 3.8) is 0 Å². The molecular weight excluding hydrogens is 699 g/mol. The summed E-state index contributed by atoms with van der Waals surface area (Å²) in [4.78, 5) is 2.56. The summed E-state index contributed by atoms with van der Waals surface area (Å²) in [5, 5.41) is 0. The second-order valence-electron chi connectivity index (χ2n) is 19.5. The van der Waals surface area contributed by atoms with Crippen LogP contribution in [0.25, 0.3) is 22.3 Å². The van der Waals surface area contributed by atoms with Crippen molar-refractivity contribution in [2.24, 2.45) is 0 Å². The molecule has 9 rings (SSSR count). The van der Waals surface area contributed by atoms with E-state index in [2.05, 4.69) is 202 Å². The van der Waals surface area contributed by atoms with Gasteiger partial charge in [-0.25, -0.2) is 0 Å². The van der Waals surface area contributed by atoms with Crippen LogP contribution in [0.3, 0.4) is 0 Å². The fraction of sp³-hybridized carbons (Fsp3) is 0.294. The Kier molecular flexibility index (Phi) is 7.22. The van der Waals surface area contributed by atoms with E-state index < -0.39 is 13.3 Å². The monoisotopic (exact) mass is 753 g/mol. The fourth-order valence-corrected chi connectivity index (χ4v) is 21.7.